The minimum atomic E-state index is -0.414. The predicted octanol–water partition coefficient (Wildman–Crippen LogP) is 5.20. The molecule has 3 aromatic heterocycles. The minimum Gasteiger partial charge on any atom is -0.457 e. The molecule has 4 rings (SSSR count). The number of hydrogen-bond acceptors (Lipinski definition) is 6. The number of hydrogen-bond donors (Lipinski definition) is 2. The summed E-state index contributed by atoms with van der Waals surface area (Å²) in [4.78, 5) is 16.6. The van der Waals surface area contributed by atoms with Crippen LogP contribution in [0.3, 0.4) is 0 Å². The summed E-state index contributed by atoms with van der Waals surface area (Å²) in [5.41, 5.74) is 2.10. The first-order chi connectivity index (χ1) is 15.3. The van der Waals surface area contributed by atoms with Crippen LogP contribution in [-0.2, 0) is 12.5 Å². The molecule has 0 saturated heterocycles. The van der Waals surface area contributed by atoms with Crippen LogP contribution in [0.1, 0.15) is 26.5 Å². The topological polar surface area (TPSA) is 107 Å². The van der Waals surface area contributed by atoms with E-state index in [-0.39, 0.29) is 5.41 Å². The van der Waals surface area contributed by atoms with E-state index in [1.165, 1.54) is 0 Å². The Balaban J connectivity index is 1.36. The van der Waals surface area contributed by atoms with E-state index in [9.17, 15) is 4.79 Å². The number of carbonyl (C=O) groups excluding carboxylic acids is 1. The number of nitrogens with one attached hydrogen (secondary N) is 2. The number of anilines is 2. The number of aryl methyl sites for hydroxylation is 1. The van der Waals surface area contributed by atoms with Crippen LogP contribution in [0.25, 0.3) is 11.3 Å². The maximum atomic E-state index is 12.2. The zero-order chi connectivity index (χ0) is 22.7. The number of aromatic nitrogens is 4. The van der Waals surface area contributed by atoms with Gasteiger partial charge in [0.15, 0.2) is 5.82 Å². The molecule has 0 fully saturated rings. The van der Waals surface area contributed by atoms with Gasteiger partial charge in [-0.3, -0.25) is 15.0 Å². The van der Waals surface area contributed by atoms with E-state index in [4.69, 9.17) is 9.26 Å². The molecular formula is C23H24N6O3. The fourth-order valence-corrected chi connectivity index (χ4v) is 2.89. The van der Waals surface area contributed by atoms with Crippen molar-refractivity contribution in [3.63, 3.8) is 0 Å². The molecule has 9 nitrogen and oxygen atoms in total. The zero-order valence-corrected chi connectivity index (χ0v) is 18.3. The van der Waals surface area contributed by atoms with Crippen LogP contribution in [0.4, 0.5) is 16.3 Å². The second-order valence-electron chi connectivity index (χ2n) is 8.31. The number of benzene rings is 1. The maximum Gasteiger partial charge on any atom is 0.324 e. The van der Waals surface area contributed by atoms with Gasteiger partial charge in [-0.25, -0.2) is 4.79 Å². The van der Waals surface area contributed by atoms with E-state index >= 15 is 0 Å². The number of ether oxygens (including phenoxy) is 1. The van der Waals surface area contributed by atoms with Crippen LogP contribution in [-0.4, -0.2) is 26.0 Å². The highest BCUT2D eigenvalue weighted by Crippen LogP contribution is 2.27. The first-order valence-corrected chi connectivity index (χ1v) is 10.0. The molecule has 0 aliphatic carbocycles. The van der Waals surface area contributed by atoms with Crippen molar-refractivity contribution in [2.45, 2.75) is 26.2 Å². The Kier molecular flexibility index (Phi) is 5.63. The van der Waals surface area contributed by atoms with Crippen LogP contribution >= 0.6 is 0 Å². The highest BCUT2D eigenvalue weighted by molar-refractivity contribution is 5.99. The molecule has 0 spiro atoms. The highest BCUT2D eigenvalue weighted by atomic mass is 16.5. The molecule has 2 amide bonds. The van der Waals surface area contributed by atoms with Crippen molar-refractivity contribution in [3.8, 4) is 22.8 Å². The summed E-state index contributed by atoms with van der Waals surface area (Å²) in [6.07, 6.45) is 5.33. The summed E-state index contributed by atoms with van der Waals surface area (Å²) in [5, 5.41) is 13.5. The second-order valence-corrected chi connectivity index (χ2v) is 8.31. The van der Waals surface area contributed by atoms with Gasteiger partial charge in [0.05, 0.1) is 11.9 Å². The molecule has 0 saturated carbocycles. The molecule has 0 atom stereocenters. The Morgan fingerprint density at radius 1 is 1.06 bits per heavy atom. The molecule has 0 aliphatic heterocycles. The Hall–Kier alpha value is -4.14. The lowest BCUT2D eigenvalue weighted by Gasteiger charge is -2.12. The van der Waals surface area contributed by atoms with Crippen molar-refractivity contribution in [2.24, 2.45) is 7.05 Å². The van der Waals surface area contributed by atoms with Crippen molar-refractivity contribution < 1.29 is 14.1 Å². The number of rotatable bonds is 5. The molecule has 4 aromatic rings. The van der Waals surface area contributed by atoms with E-state index in [1.54, 1.807) is 53.5 Å². The summed E-state index contributed by atoms with van der Waals surface area (Å²) >= 11 is 0. The van der Waals surface area contributed by atoms with Crippen LogP contribution in [0, 0.1) is 0 Å². The smallest absolute Gasteiger partial charge is 0.324 e. The van der Waals surface area contributed by atoms with E-state index in [0.29, 0.717) is 28.8 Å². The van der Waals surface area contributed by atoms with E-state index in [0.717, 1.165) is 11.3 Å². The summed E-state index contributed by atoms with van der Waals surface area (Å²) in [7, 11) is 1.86. The summed E-state index contributed by atoms with van der Waals surface area (Å²) in [6, 6.07) is 12.0. The molecule has 0 aliphatic rings. The van der Waals surface area contributed by atoms with Gasteiger partial charge in [0.2, 0.25) is 0 Å². The van der Waals surface area contributed by atoms with Gasteiger partial charge in [0.1, 0.15) is 17.3 Å². The summed E-state index contributed by atoms with van der Waals surface area (Å²) in [5.74, 6) is 2.33. The number of carbonyl (C=O) groups is 1. The van der Waals surface area contributed by atoms with Gasteiger partial charge in [-0.1, -0.05) is 25.9 Å². The molecular weight excluding hydrogens is 408 g/mol. The fraction of sp³-hybridized carbons (Fsp3) is 0.217. The lowest BCUT2D eigenvalue weighted by molar-refractivity contribution is 0.262. The monoisotopic (exact) mass is 432 g/mol. The Morgan fingerprint density at radius 2 is 1.84 bits per heavy atom. The number of urea groups is 1. The van der Waals surface area contributed by atoms with Crippen molar-refractivity contribution in [2.75, 3.05) is 10.6 Å². The molecule has 164 valence electrons. The SMILES string of the molecule is Cn1cc(-c2cc(Oc3ccc(NC(=O)Nc4cc(C(C)(C)C)on4)cc3)ccn2)cn1. The molecule has 2 N–H and O–H groups in total. The lowest BCUT2D eigenvalue weighted by Crippen LogP contribution is -2.19. The first kappa shape index (κ1) is 21.1. The maximum absolute atomic E-state index is 12.2. The van der Waals surface area contributed by atoms with Gasteiger partial charge in [0.25, 0.3) is 0 Å². The second kappa shape index (κ2) is 8.54. The standard InChI is InChI=1S/C23H24N6O3/c1-23(2,3)20-12-21(28-32-20)27-22(30)26-16-5-7-17(8-6-16)31-18-9-10-24-19(11-18)15-13-25-29(4)14-15/h5-14H,1-4H3,(H2,26,27,28,30). The van der Waals surface area contributed by atoms with E-state index in [1.807, 2.05) is 40.1 Å². The summed E-state index contributed by atoms with van der Waals surface area (Å²) in [6.45, 7) is 6.02. The average molecular weight is 432 g/mol. The highest BCUT2D eigenvalue weighted by Gasteiger charge is 2.20. The van der Waals surface area contributed by atoms with Gasteiger partial charge < -0.3 is 14.6 Å². The molecule has 9 heteroatoms. The lowest BCUT2D eigenvalue weighted by atomic mass is 9.93. The van der Waals surface area contributed by atoms with Gasteiger partial charge in [-0.05, 0) is 30.3 Å². The quantitative estimate of drug-likeness (QED) is 0.449. The van der Waals surface area contributed by atoms with Gasteiger partial charge in [-0.2, -0.15) is 5.10 Å². The number of amides is 2. The van der Waals surface area contributed by atoms with Crippen LogP contribution in [0.15, 0.2) is 65.6 Å². The zero-order valence-electron chi connectivity index (χ0n) is 18.3. The molecule has 1 aromatic carbocycles. The molecule has 0 radical (unpaired) electrons. The molecule has 0 bridgehead atoms. The third-order valence-corrected chi connectivity index (χ3v) is 4.57. The first-order valence-electron chi connectivity index (χ1n) is 10.0. The predicted molar refractivity (Wildman–Crippen MR) is 121 cm³/mol. The van der Waals surface area contributed by atoms with Crippen LogP contribution < -0.4 is 15.4 Å². The largest absolute Gasteiger partial charge is 0.457 e. The van der Waals surface area contributed by atoms with Crippen LogP contribution in [0.2, 0.25) is 0 Å². The van der Waals surface area contributed by atoms with Gasteiger partial charge >= 0.3 is 6.03 Å². The van der Waals surface area contributed by atoms with Crippen molar-refractivity contribution in [3.05, 3.63) is 66.8 Å². The van der Waals surface area contributed by atoms with Crippen molar-refractivity contribution >= 4 is 17.5 Å². The van der Waals surface area contributed by atoms with Crippen molar-refractivity contribution in [1.82, 2.24) is 19.9 Å². The minimum absolute atomic E-state index is 0.188. The van der Waals surface area contributed by atoms with E-state index < -0.39 is 6.03 Å². The van der Waals surface area contributed by atoms with Crippen LogP contribution in [0.5, 0.6) is 11.5 Å². The van der Waals surface area contributed by atoms with Crippen molar-refractivity contribution in [1.29, 1.82) is 0 Å². The molecule has 32 heavy (non-hydrogen) atoms. The summed E-state index contributed by atoms with van der Waals surface area (Å²) < 4.78 is 12.9. The Bertz CT molecular complexity index is 1220. The molecule has 0 unspecified atom stereocenters. The molecule has 3 heterocycles. The normalized spacial score (nSPS) is 11.2. The fourth-order valence-electron chi connectivity index (χ4n) is 2.89. The number of pyridine rings is 1. The number of nitrogens with zero attached hydrogens (tertiary/aromatic N) is 4. The third-order valence-electron chi connectivity index (χ3n) is 4.57. The van der Waals surface area contributed by atoms with Gasteiger partial charge in [-0.15, -0.1) is 0 Å². The Morgan fingerprint density at radius 3 is 2.50 bits per heavy atom. The van der Waals surface area contributed by atoms with Gasteiger partial charge in [0, 0.05) is 48.2 Å². The van der Waals surface area contributed by atoms with E-state index in [2.05, 4.69) is 25.9 Å². The average Bonchev–Trinajstić information content (AvgIpc) is 3.39. The third kappa shape index (κ3) is 5.12. The Labute approximate surface area is 185 Å².